The van der Waals surface area contributed by atoms with Gasteiger partial charge in [0.15, 0.2) is 0 Å². The lowest BCUT2D eigenvalue weighted by Crippen LogP contribution is -2.24. The summed E-state index contributed by atoms with van der Waals surface area (Å²) in [7, 11) is 0. The van der Waals surface area contributed by atoms with Gasteiger partial charge in [0.2, 0.25) is 0 Å². The number of fused-ring (bicyclic) bond motifs is 5. The Hall–Kier alpha value is -6.38. The molecule has 2 atom stereocenters. The number of nitrogens with zero attached hydrogens (tertiary/aromatic N) is 2. The summed E-state index contributed by atoms with van der Waals surface area (Å²) >= 11 is 0. The maximum Gasteiger partial charge on any atom is 0.0861 e. The molecular formula is C48H32N2. The monoisotopic (exact) mass is 646 g/mol. The third kappa shape index (κ3) is 3.85. The Morgan fingerprint density at radius 1 is 0.400 bits per heavy atom. The molecule has 0 fully saturated rings. The van der Waals surface area contributed by atoms with Crippen LogP contribution in [0.15, 0.2) is 182 Å². The molecule has 2 unspecified atom stereocenters. The fourth-order valence-electron chi connectivity index (χ4n) is 8.49. The highest BCUT2D eigenvalue weighted by atomic mass is 15.3. The minimum atomic E-state index is -0.422. The first-order valence-electron chi connectivity index (χ1n) is 21.7. The second-order valence-corrected chi connectivity index (χ2v) is 12.9. The summed E-state index contributed by atoms with van der Waals surface area (Å²) in [5, 5.41) is 5.87. The van der Waals surface area contributed by atoms with Crippen LogP contribution in [0.2, 0.25) is 0 Å². The van der Waals surface area contributed by atoms with Crippen molar-refractivity contribution in [1.29, 1.82) is 0 Å². The van der Waals surface area contributed by atoms with Gasteiger partial charge in [-0.2, -0.15) is 0 Å². The van der Waals surface area contributed by atoms with Gasteiger partial charge in [0.1, 0.15) is 0 Å². The van der Waals surface area contributed by atoms with Crippen LogP contribution in [-0.4, -0.2) is 0 Å². The van der Waals surface area contributed by atoms with Crippen LogP contribution >= 0.6 is 0 Å². The highest BCUT2D eigenvalue weighted by Crippen LogP contribution is 2.62. The van der Waals surface area contributed by atoms with Crippen LogP contribution in [0.25, 0.3) is 54.6 Å². The Morgan fingerprint density at radius 2 is 0.880 bits per heavy atom. The number of hydrogen-bond acceptors (Lipinski definition) is 2. The van der Waals surface area contributed by atoms with E-state index in [0.717, 1.165) is 71.6 Å². The van der Waals surface area contributed by atoms with E-state index in [9.17, 15) is 0 Å². The zero-order valence-electron chi connectivity index (χ0n) is 36.6. The molecule has 9 aromatic carbocycles. The molecule has 2 aliphatic rings. The second-order valence-electron chi connectivity index (χ2n) is 12.9. The van der Waals surface area contributed by atoms with E-state index in [0.29, 0.717) is 5.56 Å². The zero-order valence-corrected chi connectivity index (χ0v) is 26.6. The standard InChI is InChI=1S/C48H32N2/c1-3-11-31(12-4-1)37-27-21-33-24-30-40-38(28-22-34-23-29-39(37)45(33)46(34)40)32-19-25-36(26-20-32)50-44-18-10-8-16-42(44)47-48(50)41-15-7-9-17-43(41)49(47)35-13-5-2-6-14-35/h1-30,47-48H/i1D,2D,3D,4D,5D,6D,11D,12D,13D,14D. The lowest BCUT2D eigenvalue weighted by molar-refractivity contribution is 0.634. The van der Waals surface area contributed by atoms with Gasteiger partial charge in [-0.1, -0.05) is 145 Å². The molecular weight excluding hydrogens is 605 g/mol. The first-order valence-corrected chi connectivity index (χ1v) is 16.7. The van der Waals surface area contributed by atoms with Crippen molar-refractivity contribution in [2.45, 2.75) is 12.1 Å². The van der Waals surface area contributed by atoms with E-state index in [-0.39, 0.29) is 71.7 Å². The molecule has 2 aliphatic heterocycles. The van der Waals surface area contributed by atoms with E-state index in [1.807, 2.05) is 59.5 Å². The van der Waals surface area contributed by atoms with Crippen molar-refractivity contribution in [3.63, 3.8) is 0 Å². The summed E-state index contributed by atoms with van der Waals surface area (Å²) in [6, 6.07) is 36.9. The highest BCUT2D eigenvalue weighted by molar-refractivity contribution is 6.27. The Balaban J connectivity index is 1.04. The second kappa shape index (κ2) is 10.6. The maximum atomic E-state index is 8.95. The first kappa shape index (κ1) is 19.6. The SMILES string of the molecule is [2H]c1c([2H])c([2H])c(-c2ccc3ccc4c(-c5ccc(N6c7ccccc7C7C6c6ccccc6N7c6c([2H])c([2H])c([2H])c([2H])c6[2H])cc5)ccc5ccc2c3c54)c([2H])c1[2H]. The van der Waals surface area contributed by atoms with Crippen LogP contribution in [-0.2, 0) is 0 Å². The summed E-state index contributed by atoms with van der Waals surface area (Å²) in [5.74, 6) is 0. The predicted molar refractivity (Wildman–Crippen MR) is 210 cm³/mol. The Bertz CT molecular complexity index is 3250. The van der Waals surface area contributed by atoms with Gasteiger partial charge in [-0.05, 0) is 90.9 Å². The van der Waals surface area contributed by atoms with Crippen LogP contribution in [0.5, 0.6) is 0 Å². The van der Waals surface area contributed by atoms with Crippen molar-refractivity contribution in [2.24, 2.45) is 0 Å². The number of hydrogen-bond donors (Lipinski definition) is 0. The van der Waals surface area contributed by atoms with Crippen LogP contribution in [0.1, 0.15) is 36.9 Å². The molecule has 11 rings (SSSR count). The summed E-state index contributed by atoms with van der Waals surface area (Å²) < 4.78 is 85.4. The average molecular weight is 647 g/mol. The van der Waals surface area contributed by atoms with Crippen molar-refractivity contribution in [3.05, 3.63) is 193 Å². The van der Waals surface area contributed by atoms with Crippen LogP contribution in [0.4, 0.5) is 22.7 Å². The van der Waals surface area contributed by atoms with Gasteiger partial charge in [-0.15, -0.1) is 0 Å². The van der Waals surface area contributed by atoms with Gasteiger partial charge < -0.3 is 9.80 Å². The molecule has 0 spiro atoms. The first-order chi connectivity index (χ1) is 29.0. The summed E-state index contributed by atoms with van der Waals surface area (Å²) in [6.07, 6.45) is 0. The Morgan fingerprint density at radius 3 is 1.46 bits per heavy atom. The van der Waals surface area contributed by atoms with Gasteiger partial charge in [-0.3, -0.25) is 0 Å². The molecule has 2 nitrogen and oxygen atoms in total. The molecule has 2 heteroatoms. The molecule has 0 N–H and O–H groups in total. The van der Waals surface area contributed by atoms with E-state index < -0.39 is 12.1 Å². The minimum absolute atomic E-state index is 0.155. The van der Waals surface area contributed by atoms with Gasteiger partial charge in [0.25, 0.3) is 0 Å². The third-order valence-electron chi connectivity index (χ3n) is 10.5. The maximum absolute atomic E-state index is 8.95. The normalized spacial score (nSPS) is 19.1. The predicted octanol–water partition coefficient (Wildman–Crippen LogP) is 13.0. The smallest absolute Gasteiger partial charge is 0.0861 e. The van der Waals surface area contributed by atoms with E-state index in [1.165, 1.54) is 0 Å². The molecule has 234 valence electrons. The summed E-state index contributed by atoms with van der Waals surface area (Å²) in [5.41, 5.74) is 7.64. The number of anilines is 4. The van der Waals surface area contributed by atoms with Crippen molar-refractivity contribution in [1.82, 2.24) is 0 Å². The van der Waals surface area contributed by atoms with Crippen LogP contribution in [0.3, 0.4) is 0 Å². The average Bonchev–Trinajstić information content (AvgIpc) is 3.79. The zero-order chi connectivity index (χ0) is 41.5. The van der Waals surface area contributed by atoms with Gasteiger partial charge in [0, 0.05) is 33.9 Å². The molecule has 50 heavy (non-hydrogen) atoms. The minimum Gasteiger partial charge on any atom is -0.331 e. The molecule has 2 heterocycles. The largest absolute Gasteiger partial charge is 0.331 e. The van der Waals surface area contributed by atoms with Crippen molar-refractivity contribution in [3.8, 4) is 22.3 Å². The molecule has 0 radical (unpaired) electrons. The molecule has 0 amide bonds. The number of para-hydroxylation sites is 3. The summed E-state index contributed by atoms with van der Waals surface area (Å²) in [6.45, 7) is 0. The van der Waals surface area contributed by atoms with E-state index in [4.69, 9.17) is 13.7 Å². The number of rotatable bonds is 4. The molecule has 9 aromatic rings. The fourth-order valence-corrected chi connectivity index (χ4v) is 8.49. The van der Waals surface area contributed by atoms with Crippen molar-refractivity contribution < 1.29 is 13.7 Å². The molecule has 0 aromatic heterocycles. The van der Waals surface area contributed by atoms with E-state index >= 15 is 0 Å². The fraction of sp³-hybridized carbons (Fsp3) is 0.0417. The Kier molecular flexibility index (Phi) is 4.13. The van der Waals surface area contributed by atoms with E-state index in [2.05, 4.69) is 71.6 Å². The van der Waals surface area contributed by atoms with Crippen molar-refractivity contribution in [2.75, 3.05) is 9.80 Å². The lowest BCUT2D eigenvalue weighted by Gasteiger charge is -2.29. The number of benzene rings is 9. The van der Waals surface area contributed by atoms with Crippen molar-refractivity contribution >= 4 is 55.1 Å². The third-order valence-corrected chi connectivity index (χ3v) is 10.5. The lowest BCUT2D eigenvalue weighted by atomic mass is 9.87. The Labute approximate surface area is 305 Å². The summed E-state index contributed by atoms with van der Waals surface area (Å²) in [4.78, 5) is 4.23. The topological polar surface area (TPSA) is 6.48 Å². The van der Waals surface area contributed by atoms with Gasteiger partial charge in [-0.25, -0.2) is 0 Å². The van der Waals surface area contributed by atoms with Gasteiger partial charge in [0.05, 0.1) is 25.8 Å². The molecule has 0 aliphatic carbocycles. The van der Waals surface area contributed by atoms with Gasteiger partial charge >= 0.3 is 0 Å². The van der Waals surface area contributed by atoms with E-state index in [1.54, 1.807) is 0 Å². The highest BCUT2D eigenvalue weighted by Gasteiger charge is 2.49. The quantitative estimate of drug-likeness (QED) is 0.176. The van der Waals surface area contributed by atoms with Crippen LogP contribution < -0.4 is 9.80 Å². The molecule has 0 saturated heterocycles. The molecule has 0 bridgehead atoms. The van der Waals surface area contributed by atoms with Crippen LogP contribution in [0, 0.1) is 0 Å². The molecule has 0 saturated carbocycles.